The summed E-state index contributed by atoms with van der Waals surface area (Å²) >= 11 is 0. The van der Waals surface area contributed by atoms with Crippen molar-refractivity contribution in [1.29, 1.82) is 0 Å². The van der Waals surface area contributed by atoms with Crippen molar-refractivity contribution >= 4 is 11.6 Å². The summed E-state index contributed by atoms with van der Waals surface area (Å²) in [6.45, 7) is 4.55. The van der Waals surface area contributed by atoms with Crippen molar-refractivity contribution in [3.63, 3.8) is 0 Å². The highest BCUT2D eigenvalue weighted by atomic mass is 16.6. The second-order valence-electron chi connectivity index (χ2n) is 8.22. The first kappa shape index (κ1) is 19.8. The number of carbonyl (C=O) groups excluding carboxylic acids is 1. The molecule has 3 aromatic rings. The van der Waals surface area contributed by atoms with Gasteiger partial charge in [-0.3, -0.25) is 14.1 Å². The number of ether oxygens (including phenoxy) is 2. The van der Waals surface area contributed by atoms with E-state index in [4.69, 9.17) is 9.47 Å². The molecule has 0 aliphatic carbocycles. The van der Waals surface area contributed by atoms with E-state index in [1.807, 2.05) is 55.6 Å². The molecule has 1 amide bonds. The van der Waals surface area contributed by atoms with Crippen LogP contribution in [-0.2, 0) is 4.79 Å². The van der Waals surface area contributed by atoms with Crippen LogP contribution in [0.4, 0.5) is 0 Å². The summed E-state index contributed by atoms with van der Waals surface area (Å²) in [7, 11) is 0. The summed E-state index contributed by atoms with van der Waals surface area (Å²) in [6.07, 6.45) is 3.76. The maximum Gasteiger partial charge on any atom is 0.237 e. The molecule has 2 aliphatic rings. The van der Waals surface area contributed by atoms with Gasteiger partial charge < -0.3 is 14.8 Å². The van der Waals surface area contributed by atoms with Gasteiger partial charge in [-0.05, 0) is 57.1 Å². The molecule has 1 fully saturated rings. The van der Waals surface area contributed by atoms with Gasteiger partial charge in [-0.2, -0.15) is 0 Å². The van der Waals surface area contributed by atoms with Crippen LogP contribution in [0.3, 0.4) is 0 Å². The van der Waals surface area contributed by atoms with Crippen LogP contribution in [-0.4, -0.2) is 63.8 Å². The van der Waals surface area contributed by atoms with Crippen LogP contribution in [0.15, 0.2) is 48.7 Å². The summed E-state index contributed by atoms with van der Waals surface area (Å²) in [5, 5.41) is 11.7. The first-order valence-electron chi connectivity index (χ1n) is 10.9. The average molecular weight is 422 g/mol. The standard InChI is InChI=1S/C23H27N5O3/c1-16(23(29)24-14-18-15-30-19-6-2-3-7-20(19)31-18)27-12-9-17(10-13-27)22-26-25-21-8-4-5-11-28(21)22/h2-8,11,16-18H,9-10,12-15H2,1H3,(H,24,29). The molecule has 1 aromatic carbocycles. The number of hydrogen-bond acceptors (Lipinski definition) is 6. The zero-order valence-electron chi connectivity index (χ0n) is 17.6. The quantitative estimate of drug-likeness (QED) is 0.681. The number of fused-ring (bicyclic) bond motifs is 2. The first-order chi connectivity index (χ1) is 15.2. The van der Waals surface area contributed by atoms with Crippen molar-refractivity contribution in [3.8, 4) is 11.5 Å². The fourth-order valence-corrected chi connectivity index (χ4v) is 4.37. The fourth-order valence-electron chi connectivity index (χ4n) is 4.37. The molecule has 1 N–H and O–H groups in total. The predicted octanol–water partition coefficient (Wildman–Crippen LogP) is 2.25. The van der Waals surface area contributed by atoms with E-state index in [0.29, 0.717) is 19.1 Å². The highest BCUT2D eigenvalue weighted by Gasteiger charge is 2.30. The molecule has 8 nitrogen and oxygen atoms in total. The lowest BCUT2D eigenvalue weighted by Crippen LogP contribution is -2.50. The van der Waals surface area contributed by atoms with Gasteiger partial charge in [0.05, 0.1) is 12.6 Å². The summed E-state index contributed by atoms with van der Waals surface area (Å²) in [6, 6.07) is 13.4. The van der Waals surface area contributed by atoms with E-state index >= 15 is 0 Å². The van der Waals surface area contributed by atoms with Gasteiger partial charge in [0.25, 0.3) is 0 Å². The van der Waals surface area contributed by atoms with E-state index in [9.17, 15) is 4.79 Å². The van der Waals surface area contributed by atoms with Crippen molar-refractivity contribution in [1.82, 2.24) is 24.8 Å². The number of para-hydroxylation sites is 2. The highest BCUT2D eigenvalue weighted by Crippen LogP contribution is 2.31. The number of rotatable bonds is 5. The number of benzene rings is 1. The number of amides is 1. The maximum absolute atomic E-state index is 12.7. The molecule has 4 heterocycles. The molecule has 162 valence electrons. The Hall–Kier alpha value is -3.13. The van der Waals surface area contributed by atoms with E-state index in [2.05, 4.69) is 24.8 Å². The Labute approximate surface area is 181 Å². The fraction of sp³-hybridized carbons (Fsp3) is 0.435. The molecule has 31 heavy (non-hydrogen) atoms. The monoisotopic (exact) mass is 421 g/mol. The molecule has 2 aromatic heterocycles. The third-order valence-electron chi connectivity index (χ3n) is 6.23. The third kappa shape index (κ3) is 4.07. The lowest BCUT2D eigenvalue weighted by atomic mass is 9.95. The maximum atomic E-state index is 12.7. The lowest BCUT2D eigenvalue weighted by molar-refractivity contribution is -0.126. The summed E-state index contributed by atoms with van der Waals surface area (Å²) in [5.41, 5.74) is 0.879. The average Bonchev–Trinajstić information content (AvgIpc) is 3.26. The van der Waals surface area contributed by atoms with Gasteiger partial charge in [-0.25, -0.2) is 0 Å². The van der Waals surface area contributed by atoms with Crippen molar-refractivity contribution in [2.24, 2.45) is 0 Å². The number of aromatic nitrogens is 3. The molecule has 8 heteroatoms. The minimum atomic E-state index is -0.187. The Morgan fingerprint density at radius 2 is 1.90 bits per heavy atom. The lowest BCUT2D eigenvalue weighted by Gasteiger charge is -2.35. The Kier molecular flexibility index (Phi) is 5.46. The Bertz CT molecular complexity index is 1060. The van der Waals surface area contributed by atoms with Crippen LogP contribution in [0.5, 0.6) is 11.5 Å². The van der Waals surface area contributed by atoms with Crippen LogP contribution < -0.4 is 14.8 Å². The van der Waals surface area contributed by atoms with Gasteiger partial charge in [-0.15, -0.1) is 10.2 Å². The molecule has 0 saturated carbocycles. The Morgan fingerprint density at radius 1 is 1.13 bits per heavy atom. The van der Waals surface area contributed by atoms with E-state index in [0.717, 1.165) is 48.9 Å². The largest absolute Gasteiger partial charge is 0.486 e. The van der Waals surface area contributed by atoms with E-state index in [-0.39, 0.29) is 18.1 Å². The number of carbonyl (C=O) groups is 1. The van der Waals surface area contributed by atoms with Crippen LogP contribution >= 0.6 is 0 Å². The van der Waals surface area contributed by atoms with Gasteiger partial charge in [0.1, 0.15) is 18.5 Å². The van der Waals surface area contributed by atoms with E-state index < -0.39 is 0 Å². The third-order valence-corrected chi connectivity index (χ3v) is 6.23. The summed E-state index contributed by atoms with van der Waals surface area (Å²) in [4.78, 5) is 15.0. The molecular formula is C23H27N5O3. The van der Waals surface area contributed by atoms with Crippen molar-refractivity contribution < 1.29 is 14.3 Å². The zero-order valence-corrected chi connectivity index (χ0v) is 17.6. The number of nitrogens with zero attached hydrogens (tertiary/aromatic N) is 4. The topological polar surface area (TPSA) is 81.0 Å². The zero-order chi connectivity index (χ0) is 21.2. The minimum Gasteiger partial charge on any atom is -0.486 e. The smallest absolute Gasteiger partial charge is 0.237 e. The Balaban J connectivity index is 1.12. The minimum absolute atomic E-state index is 0.0221. The number of nitrogens with one attached hydrogen (secondary N) is 1. The van der Waals surface area contributed by atoms with Gasteiger partial charge in [0.15, 0.2) is 17.1 Å². The molecular weight excluding hydrogens is 394 g/mol. The number of piperidine rings is 1. The van der Waals surface area contributed by atoms with Gasteiger partial charge in [0, 0.05) is 12.1 Å². The van der Waals surface area contributed by atoms with Gasteiger partial charge >= 0.3 is 0 Å². The van der Waals surface area contributed by atoms with Gasteiger partial charge in [-0.1, -0.05) is 18.2 Å². The molecule has 0 bridgehead atoms. The summed E-state index contributed by atoms with van der Waals surface area (Å²) < 4.78 is 13.7. The molecule has 0 radical (unpaired) electrons. The molecule has 2 unspecified atom stereocenters. The molecule has 1 saturated heterocycles. The van der Waals surface area contributed by atoms with Crippen LogP contribution in [0.2, 0.25) is 0 Å². The van der Waals surface area contributed by atoms with Gasteiger partial charge in [0.2, 0.25) is 5.91 Å². The van der Waals surface area contributed by atoms with Crippen LogP contribution in [0.1, 0.15) is 31.5 Å². The molecule has 2 atom stereocenters. The van der Waals surface area contributed by atoms with E-state index in [1.54, 1.807) is 0 Å². The Morgan fingerprint density at radius 3 is 2.74 bits per heavy atom. The first-order valence-corrected chi connectivity index (χ1v) is 10.9. The highest BCUT2D eigenvalue weighted by molar-refractivity contribution is 5.81. The van der Waals surface area contributed by atoms with Crippen LogP contribution in [0.25, 0.3) is 5.65 Å². The van der Waals surface area contributed by atoms with Crippen molar-refractivity contribution in [2.45, 2.75) is 37.8 Å². The van der Waals surface area contributed by atoms with Crippen molar-refractivity contribution in [3.05, 3.63) is 54.5 Å². The molecule has 5 rings (SSSR count). The van der Waals surface area contributed by atoms with Crippen LogP contribution in [0, 0.1) is 0 Å². The predicted molar refractivity (Wildman–Crippen MR) is 115 cm³/mol. The molecule has 2 aliphatic heterocycles. The second-order valence-corrected chi connectivity index (χ2v) is 8.22. The molecule has 0 spiro atoms. The summed E-state index contributed by atoms with van der Waals surface area (Å²) in [5.74, 6) is 2.87. The number of hydrogen-bond donors (Lipinski definition) is 1. The van der Waals surface area contributed by atoms with Crippen molar-refractivity contribution in [2.75, 3.05) is 26.2 Å². The second kappa shape index (κ2) is 8.55. The van der Waals surface area contributed by atoms with E-state index in [1.165, 1.54) is 0 Å². The number of pyridine rings is 1. The number of likely N-dealkylation sites (tertiary alicyclic amines) is 1. The SMILES string of the molecule is CC(C(=O)NCC1COc2ccccc2O1)N1CCC(c2nnc3ccccn23)CC1. The normalized spacial score (nSPS) is 20.5.